The topological polar surface area (TPSA) is 121 Å². The lowest BCUT2D eigenvalue weighted by molar-refractivity contribution is -0.125. The molecule has 0 unspecified atom stereocenters. The van der Waals surface area contributed by atoms with E-state index in [-0.39, 0.29) is 22.7 Å². The minimum Gasteiger partial charge on any atom is -0.438 e. The molecule has 28 heavy (non-hydrogen) atoms. The number of nitrogens with one attached hydrogen (secondary N) is 3. The molecule has 0 radical (unpaired) electrons. The second kappa shape index (κ2) is 6.85. The molecule has 3 N–H and O–H groups in total. The van der Waals surface area contributed by atoms with Crippen molar-refractivity contribution in [3.63, 3.8) is 0 Å². The van der Waals surface area contributed by atoms with Gasteiger partial charge in [-0.05, 0) is 32.0 Å². The van der Waals surface area contributed by atoms with Gasteiger partial charge in [0.05, 0.1) is 11.2 Å². The van der Waals surface area contributed by atoms with Crippen LogP contribution < -0.4 is 15.4 Å². The number of carbonyl (C=O) groups excluding carboxylic acids is 2. The minimum atomic E-state index is -3.73. The number of furan rings is 1. The van der Waals surface area contributed by atoms with Crippen LogP contribution in [0.2, 0.25) is 0 Å². The zero-order chi connectivity index (χ0) is 20.0. The number of hydrogen-bond donors (Lipinski definition) is 3. The first-order valence-corrected chi connectivity index (χ1v) is 11.2. The van der Waals surface area contributed by atoms with Crippen molar-refractivity contribution in [1.82, 2.24) is 20.3 Å². The van der Waals surface area contributed by atoms with Crippen molar-refractivity contribution < 1.29 is 22.4 Å². The molecule has 1 aromatic rings. The van der Waals surface area contributed by atoms with Gasteiger partial charge in [0, 0.05) is 25.9 Å². The molecule has 9 nitrogen and oxygen atoms in total. The van der Waals surface area contributed by atoms with Crippen LogP contribution in [0.15, 0.2) is 21.6 Å². The summed E-state index contributed by atoms with van der Waals surface area (Å²) in [5.41, 5.74) is -0.920. The average molecular weight is 410 g/mol. The zero-order valence-corrected chi connectivity index (χ0v) is 16.7. The highest BCUT2D eigenvalue weighted by Crippen LogP contribution is 2.37. The van der Waals surface area contributed by atoms with Crippen LogP contribution in [0.1, 0.15) is 55.5 Å². The lowest BCUT2D eigenvalue weighted by atomic mass is 9.81. The molecule has 1 saturated carbocycles. The van der Waals surface area contributed by atoms with Gasteiger partial charge in [-0.1, -0.05) is 19.3 Å². The Morgan fingerprint density at radius 1 is 1.14 bits per heavy atom. The van der Waals surface area contributed by atoms with E-state index in [4.69, 9.17) is 4.42 Å². The maximum Gasteiger partial charge on any atom is 0.289 e. The van der Waals surface area contributed by atoms with Crippen molar-refractivity contribution in [2.24, 2.45) is 0 Å². The van der Waals surface area contributed by atoms with E-state index in [1.807, 2.05) is 0 Å². The maximum atomic E-state index is 12.7. The summed E-state index contributed by atoms with van der Waals surface area (Å²) in [4.78, 5) is 27.0. The van der Waals surface area contributed by atoms with Crippen molar-refractivity contribution >= 4 is 21.8 Å². The number of rotatable bonds is 3. The van der Waals surface area contributed by atoms with Crippen LogP contribution in [0.5, 0.6) is 0 Å². The van der Waals surface area contributed by atoms with Crippen molar-refractivity contribution in [2.45, 2.75) is 61.2 Å². The van der Waals surface area contributed by atoms with Crippen LogP contribution in [-0.4, -0.2) is 56.5 Å². The summed E-state index contributed by atoms with van der Waals surface area (Å²) in [6.45, 7) is 0.911. The largest absolute Gasteiger partial charge is 0.438 e. The van der Waals surface area contributed by atoms with Crippen molar-refractivity contribution in [1.29, 1.82) is 0 Å². The smallest absolute Gasteiger partial charge is 0.289 e. The third-order valence-corrected chi connectivity index (χ3v) is 7.49. The lowest BCUT2D eigenvalue weighted by Gasteiger charge is -2.41. The molecule has 0 aromatic carbocycles. The summed E-state index contributed by atoms with van der Waals surface area (Å²) in [5, 5.41) is 6.47. The van der Waals surface area contributed by atoms with E-state index in [2.05, 4.69) is 15.4 Å². The van der Waals surface area contributed by atoms with Gasteiger partial charge in [0.25, 0.3) is 15.9 Å². The maximum absolute atomic E-state index is 12.7. The Balaban J connectivity index is 1.42. The Bertz CT molecular complexity index is 880. The third-order valence-electron chi connectivity index (χ3n) is 6.20. The van der Waals surface area contributed by atoms with Crippen molar-refractivity contribution in [3.8, 4) is 0 Å². The molecule has 2 saturated heterocycles. The zero-order valence-electron chi connectivity index (χ0n) is 15.9. The van der Waals surface area contributed by atoms with Crippen LogP contribution in [0, 0.1) is 0 Å². The first-order chi connectivity index (χ1) is 13.3. The van der Waals surface area contributed by atoms with Gasteiger partial charge >= 0.3 is 0 Å². The van der Waals surface area contributed by atoms with Crippen molar-refractivity contribution in [3.05, 3.63) is 17.9 Å². The fourth-order valence-corrected chi connectivity index (χ4v) is 5.22. The molecule has 2 amide bonds. The monoisotopic (exact) mass is 410 g/mol. The third kappa shape index (κ3) is 3.23. The van der Waals surface area contributed by atoms with Crippen LogP contribution in [0.4, 0.5) is 0 Å². The van der Waals surface area contributed by atoms with Gasteiger partial charge < -0.3 is 14.6 Å². The molecule has 4 rings (SSSR count). The summed E-state index contributed by atoms with van der Waals surface area (Å²) >= 11 is 0. The van der Waals surface area contributed by atoms with Gasteiger partial charge in [0.1, 0.15) is 0 Å². The van der Waals surface area contributed by atoms with E-state index in [1.165, 1.54) is 25.6 Å². The molecule has 2 aliphatic heterocycles. The molecule has 0 bridgehead atoms. The number of nitrogens with zero attached hydrogens (tertiary/aromatic N) is 1. The van der Waals surface area contributed by atoms with Crippen LogP contribution >= 0.6 is 0 Å². The predicted molar refractivity (Wildman–Crippen MR) is 99.9 cm³/mol. The lowest BCUT2D eigenvalue weighted by Crippen LogP contribution is -2.60. The highest BCUT2D eigenvalue weighted by Gasteiger charge is 2.54. The van der Waals surface area contributed by atoms with E-state index in [9.17, 15) is 18.0 Å². The van der Waals surface area contributed by atoms with E-state index in [1.54, 1.807) is 4.90 Å². The van der Waals surface area contributed by atoms with Crippen LogP contribution in [-0.2, 0) is 14.8 Å². The molecule has 1 aromatic heterocycles. The van der Waals surface area contributed by atoms with Gasteiger partial charge in [-0.25, -0.2) is 13.1 Å². The van der Waals surface area contributed by atoms with Gasteiger partial charge in [-0.15, -0.1) is 0 Å². The number of carbonyl (C=O) groups is 2. The fourth-order valence-electron chi connectivity index (χ4n) is 4.57. The molecule has 3 fully saturated rings. The minimum absolute atomic E-state index is 0.00283. The summed E-state index contributed by atoms with van der Waals surface area (Å²) in [6, 6.07) is 2.65. The van der Waals surface area contributed by atoms with Gasteiger partial charge in [-0.3, -0.25) is 14.9 Å². The Morgan fingerprint density at radius 3 is 2.46 bits per heavy atom. The molecule has 10 heteroatoms. The molecule has 1 aliphatic carbocycles. The second-order valence-electron chi connectivity index (χ2n) is 7.92. The summed E-state index contributed by atoms with van der Waals surface area (Å²) in [6.07, 6.45) is 6.20. The Morgan fingerprint density at radius 2 is 1.82 bits per heavy atom. The molecule has 0 atom stereocenters. The highest BCUT2D eigenvalue weighted by atomic mass is 32.2. The number of amides is 2. The molecular formula is C18H26N4O5S. The number of hydrogen-bond acceptors (Lipinski definition) is 6. The van der Waals surface area contributed by atoms with E-state index in [0.717, 1.165) is 25.7 Å². The Kier molecular flexibility index (Phi) is 4.75. The first kappa shape index (κ1) is 19.4. The van der Waals surface area contributed by atoms with Gasteiger partial charge in [0.2, 0.25) is 11.0 Å². The fraction of sp³-hybridized carbons (Fsp3) is 0.667. The van der Waals surface area contributed by atoms with Gasteiger partial charge in [-0.2, -0.15) is 0 Å². The SMILES string of the molecule is CNS(=O)(=O)c1ccc(C(=O)N2CCC3(CC2)NC(=O)C2(CCCCC2)N3)o1. The van der Waals surface area contributed by atoms with E-state index in [0.29, 0.717) is 25.9 Å². The number of piperidine rings is 1. The molecule has 2 spiro atoms. The first-order valence-electron chi connectivity index (χ1n) is 9.74. The quantitative estimate of drug-likeness (QED) is 0.669. The summed E-state index contributed by atoms with van der Waals surface area (Å²) in [5.74, 6) is -0.263. The highest BCUT2D eigenvalue weighted by molar-refractivity contribution is 7.89. The predicted octanol–water partition coefficient (Wildman–Crippen LogP) is 0.542. The molecule has 154 valence electrons. The Hall–Kier alpha value is -1.91. The summed E-state index contributed by atoms with van der Waals surface area (Å²) < 4.78 is 31.0. The Labute approximate surface area is 164 Å². The van der Waals surface area contributed by atoms with Gasteiger partial charge in [0.15, 0.2) is 5.76 Å². The molecular weight excluding hydrogens is 384 g/mol. The van der Waals surface area contributed by atoms with E-state index >= 15 is 0 Å². The standard InChI is InChI=1S/C18H26N4O5S/c1-19-28(25,26)14-6-5-13(27-14)15(23)22-11-9-18(10-12-22)20-16(24)17(21-18)7-3-2-4-8-17/h5-6,19,21H,2-4,7-12H2,1H3,(H,20,24). The molecule has 3 aliphatic rings. The average Bonchev–Trinajstić information content (AvgIpc) is 3.28. The number of likely N-dealkylation sites (tertiary alicyclic amines) is 1. The normalized spacial score (nSPS) is 23.9. The van der Waals surface area contributed by atoms with Crippen LogP contribution in [0.3, 0.4) is 0 Å². The van der Waals surface area contributed by atoms with Crippen molar-refractivity contribution in [2.75, 3.05) is 20.1 Å². The number of sulfonamides is 1. The van der Waals surface area contributed by atoms with Crippen LogP contribution in [0.25, 0.3) is 0 Å². The second-order valence-corrected chi connectivity index (χ2v) is 9.74. The summed E-state index contributed by atoms with van der Waals surface area (Å²) in [7, 11) is -2.44. The van der Waals surface area contributed by atoms with E-state index < -0.39 is 21.2 Å². The molecule has 3 heterocycles.